The molecule has 2 aromatic rings. The van der Waals surface area contributed by atoms with Gasteiger partial charge in [0, 0.05) is 30.7 Å². The van der Waals surface area contributed by atoms with Crippen LogP contribution in [0.4, 0.5) is 5.69 Å². The van der Waals surface area contributed by atoms with Crippen LogP contribution in [0.3, 0.4) is 0 Å². The summed E-state index contributed by atoms with van der Waals surface area (Å²) in [5.41, 5.74) is 3.67. The molecule has 0 aliphatic rings. The monoisotopic (exact) mass is 283 g/mol. The first-order valence-electron chi connectivity index (χ1n) is 7.11. The van der Waals surface area contributed by atoms with Crippen molar-refractivity contribution in [3.8, 4) is 0 Å². The van der Waals surface area contributed by atoms with E-state index in [1.54, 1.807) is 12.4 Å². The number of benzene rings is 1. The standard InChI is InChI=1S/C17H21N3O/c1-12(2)20-16-7-5-4-6-15(16)17(21)19-11-14-8-9-18-10-13(14)3/h4-10,12,20H,11H2,1-3H3,(H,19,21). The third kappa shape index (κ3) is 4.05. The first kappa shape index (κ1) is 15.0. The van der Waals surface area contributed by atoms with Crippen LogP contribution in [0.1, 0.15) is 35.3 Å². The van der Waals surface area contributed by atoms with E-state index in [0.717, 1.165) is 16.8 Å². The molecule has 110 valence electrons. The number of nitrogens with one attached hydrogen (secondary N) is 2. The lowest BCUT2D eigenvalue weighted by molar-refractivity contribution is 0.0951. The molecule has 1 aromatic carbocycles. The smallest absolute Gasteiger partial charge is 0.253 e. The molecule has 0 radical (unpaired) electrons. The van der Waals surface area contributed by atoms with Crippen LogP contribution in [-0.2, 0) is 6.54 Å². The number of carbonyl (C=O) groups is 1. The van der Waals surface area contributed by atoms with E-state index in [1.807, 2.05) is 37.3 Å². The van der Waals surface area contributed by atoms with Crippen molar-refractivity contribution in [1.82, 2.24) is 10.3 Å². The Kier molecular flexibility index (Phi) is 4.93. The maximum Gasteiger partial charge on any atom is 0.253 e. The Morgan fingerprint density at radius 3 is 2.71 bits per heavy atom. The second-order valence-electron chi connectivity index (χ2n) is 5.33. The second-order valence-corrected chi connectivity index (χ2v) is 5.33. The van der Waals surface area contributed by atoms with Crippen molar-refractivity contribution in [3.05, 3.63) is 59.4 Å². The molecule has 0 saturated heterocycles. The minimum absolute atomic E-state index is 0.0741. The van der Waals surface area contributed by atoms with Gasteiger partial charge in [-0.1, -0.05) is 12.1 Å². The molecule has 0 unspecified atom stereocenters. The number of carbonyl (C=O) groups excluding carboxylic acids is 1. The van der Waals surface area contributed by atoms with Crippen LogP contribution < -0.4 is 10.6 Å². The summed E-state index contributed by atoms with van der Waals surface area (Å²) in [5.74, 6) is -0.0741. The summed E-state index contributed by atoms with van der Waals surface area (Å²) in [6.07, 6.45) is 3.54. The summed E-state index contributed by atoms with van der Waals surface area (Å²) in [4.78, 5) is 16.4. The lowest BCUT2D eigenvalue weighted by atomic mass is 10.1. The summed E-state index contributed by atoms with van der Waals surface area (Å²) in [6, 6.07) is 9.76. The van der Waals surface area contributed by atoms with Gasteiger partial charge in [0.1, 0.15) is 0 Å². The predicted octanol–water partition coefficient (Wildman–Crippen LogP) is 3.14. The minimum atomic E-state index is -0.0741. The van der Waals surface area contributed by atoms with Crippen molar-refractivity contribution < 1.29 is 4.79 Å². The SMILES string of the molecule is Cc1cnccc1CNC(=O)c1ccccc1NC(C)C. The molecule has 0 atom stereocenters. The van der Waals surface area contributed by atoms with Gasteiger partial charge in [0.25, 0.3) is 5.91 Å². The Bertz CT molecular complexity index is 623. The molecule has 4 nitrogen and oxygen atoms in total. The van der Waals surface area contributed by atoms with Crippen LogP contribution in [0.2, 0.25) is 0 Å². The Morgan fingerprint density at radius 1 is 1.24 bits per heavy atom. The van der Waals surface area contributed by atoms with Gasteiger partial charge in [-0.3, -0.25) is 9.78 Å². The van der Waals surface area contributed by atoms with E-state index in [9.17, 15) is 4.79 Å². The highest BCUT2D eigenvalue weighted by Gasteiger charge is 2.11. The zero-order valence-corrected chi connectivity index (χ0v) is 12.7. The minimum Gasteiger partial charge on any atom is -0.382 e. The third-order valence-corrected chi connectivity index (χ3v) is 3.19. The van der Waals surface area contributed by atoms with Crippen molar-refractivity contribution >= 4 is 11.6 Å². The van der Waals surface area contributed by atoms with Gasteiger partial charge in [-0.15, -0.1) is 0 Å². The molecular weight excluding hydrogens is 262 g/mol. The number of amides is 1. The Labute approximate surface area is 125 Å². The highest BCUT2D eigenvalue weighted by Crippen LogP contribution is 2.16. The first-order valence-corrected chi connectivity index (χ1v) is 7.11. The second kappa shape index (κ2) is 6.88. The van der Waals surface area contributed by atoms with E-state index >= 15 is 0 Å². The molecule has 0 aliphatic carbocycles. The Hall–Kier alpha value is -2.36. The zero-order chi connectivity index (χ0) is 15.2. The number of aryl methyl sites for hydroxylation is 1. The number of pyridine rings is 1. The number of nitrogens with zero attached hydrogens (tertiary/aromatic N) is 1. The van der Waals surface area contributed by atoms with Crippen LogP contribution >= 0.6 is 0 Å². The summed E-state index contributed by atoms with van der Waals surface area (Å²) in [7, 11) is 0. The molecule has 1 heterocycles. The normalized spacial score (nSPS) is 10.5. The van der Waals surface area contributed by atoms with Crippen LogP contribution in [0.5, 0.6) is 0 Å². The lowest BCUT2D eigenvalue weighted by Crippen LogP contribution is -2.25. The fourth-order valence-electron chi connectivity index (χ4n) is 2.09. The van der Waals surface area contributed by atoms with E-state index in [-0.39, 0.29) is 11.9 Å². The molecule has 1 aromatic heterocycles. The van der Waals surface area contributed by atoms with Crippen molar-refractivity contribution in [1.29, 1.82) is 0 Å². The molecule has 4 heteroatoms. The molecule has 1 amide bonds. The van der Waals surface area contributed by atoms with Crippen LogP contribution in [0.25, 0.3) is 0 Å². The number of hydrogen-bond acceptors (Lipinski definition) is 3. The topological polar surface area (TPSA) is 54.0 Å². The molecule has 0 aliphatic heterocycles. The van der Waals surface area contributed by atoms with Crippen LogP contribution in [0.15, 0.2) is 42.7 Å². The maximum absolute atomic E-state index is 12.4. The molecule has 2 N–H and O–H groups in total. The van der Waals surface area contributed by atoms with Crippen LogP contribution in [-0.4, -0.2) is 16.9 Å². The van der Waals surface area contributed by atoms with Crippen molar-refractivity contribution in [2.75, 3.05) is 5.32 Å². The lowest BCUT2D eigenvalue weighted by Gasteiger charge is -2.15. The highest BCUT2D eigenvalue weighted by molar-refractivity contribution is 5.99. The number of aromatic nitrogens is 1. The van der Waals surface area contributed by atoms with Crippen molar-refractivity contribution in [2.24, 2.45) is 0 Å². The summed E-state index contributed by atoms with van der Waals surface area (Å²) < 4.78 is 0. The van der Waals surface area contributed by atoms with Gasteiger partial charge in [0.05, 0.1) is 5.56 Å². The number of rotatable bonds is 5. The van der Waals surface area contributed by atoms with Gasteiger partial charge < -0.3 is 10.6 Å². The summed E-state index contributed by atoms with van der Waals surface area (Å²) in [5, 5.41) is 6.26. The Morgan fingerprint density at radius 2 is 2.00 bits per heavy atom. The fraction of sp³-hybridized carbons (Fsp3) is 0.294. The predicted molar refractivity (Wildman–Crippen MR) is 85.3 cm³/mol. The Balaban J connectivity index is 2.09. The maximum atomic E-state index is 12.4. The van der Waals surface area contributed by atoms with Gasteiger partial charge in [-0.05, 0) is 50.1 Å². The zero-order valence-electron chi connectivity index (χ0n) is 12.7. The number of anilines is 1. The first-order chi connectivity index (χ1) is 10.1. The van der Waals surface area contributed by atoms with Crippen molar-refractivity contribution in [2.45, 2.75) is 33.4 Å². The van der Waals surface area contributed by atoms with Gasteiger partial charge in [0.2, 0.25) is 0 Å². The molecule has 0 fully saturated rings. The summed E-state index contributed by atoms with van der Waals surface area (Å²) >= 11 is 0. The van der Waals surface area contributed by atoms with E-state index in [4.69, 9.17) is 0 Å². The van der Waals surface area contributed by atoms with E-state index in [1.165, 1.54) is 0 Å². The van der Waals surface area contributed by atoms with Gasteiger partial charge >= 0.3 is 0 Å². The average Bonchev–Trinajstić information content (AvgIpc) is 2.46. The average molecular weight is 283 g/mol. The van der Waals surface area contributed by atoms with E-state index < -0.39 is 0 Å². The highest BCUT2D eigenvalue weighted by atomic mass is 16.1. The molecule has 21 heavy (non-hydrogen) atoms. The summed E-state index contributed by atoms with van der Waals surface area (Å²) in [6.45, 7) is 6.59. The van der Waals surface area contributed by atoms with Gasteiger partial charge in [-0.25, -0.2) is 0 Å². The van der Waals surface area contributed by atoms with E-state index in [0.29, 0.717) is 12.1 Å². The van der Waals surface area contributed by atoms with Crippen molar-refractivity contribution in [3.63, 3.8) is 0 Å². The third-order valence-electron chi connectivity index (χ3n) is 3.19. The van der Waals surface area contributed by atoms with Crippen LogP contribution in [0, 0.1) is 6.92 Å². The molecule has 2 rings (SSSR count). The quantitative estimate of drug-likeness (QED) is 0.886. The molecule has 0 spiro atoms. The number of hydrogen-bond donors (Lipinski definition) is 2. The largest absolute Gasteiger partial charge is 0.382 e. The number of para-hydroxylation sites is 1. The molecule has 0 bridgehead atoms. The van der Waals surface area contributed by atoms with Gasteiger partial charge in [0.15, 0.2) is 0 Å². The fourth-order valence-corrected chi connectivity index (χ4v) is 2.09. The van der Waals surface area contributed by atoms with E-state index in [2.05, 4.69) is 29.5 Å². The molecular formula is C17H21N3O. The molecule has 0 saturated carbocycles. The van der Waals surface area contributed by atoms with Gasteiger partial charge in [-0.2, -0.15) is 0 Å².